The van der Waals surface area contributed by atoms with Crippen molar-refractivity contribution in [3.63, 3.8) is 0 Å². The van der Waals surface area contributed by atoms with Crippen molar-refractivity contribution in [3.8, 4) is 0 Å². The van der Waals surface area contributed by atoms with Gasteiger partial charge in [-0.2, -0.15) is 0 Å². The summed E-state index contributed by atoms with van der Waals surface area (Å²) in [6.45, 7) is 4.93. The summed E-state index contributed by atoms with van der Waals surface area (Å²) in [6, 6.07) is 15.1. The highest BCUT2D eigenvalue weighted by Gasteiger charge is 2.09. The van der Waals surface area contributed by atoms with Gasteiger partial charge < -0.3 is 9.73 Å². The third kappa shape index (κ3) is 2.72. The fourth-order valence-electron chi connectivity index (χ4n) is 2.15. The number of aryl methyl sites for hydroxylation is 1. The van der Waals surface area contributed by atoms with Crippen molar-refractivity contribution < 1.29 is 4.42 Å². The molecule has 1 aromatic carbocycles. The number of furan rings is 1. The Balaban J connectivity index is 1.71. The Hall–Kier alpha value is -1.58. The van der Waals surface area contributed by atoms with Gasteiger partial charge in [-0.15, -0.1) is 11.3 Å². The lowest BCUT2D eigenvalue weighted by Gasteiger charge is -2.10. The molecule has 0 aliphatic rings. The highest BCUT2D eigenvalue weighted by atomic mass is 32.1. The van der Waals surface area contributed by atoms with Crippen molar-refractivity contribution in [2.24, 2.45) is 0 Å². The number of hydrogen-bond acceptors (Lipinski definition) is 3. The molecule has 0 fully saturated rings. The van der Waals surface area contributed by atoms with Gasteiger partial charge in [-0.3, -0.25) is 0 Å². The van der Waals surface area contributed by atoms with Crippen LogP contribution in [-0.4, -0.2) is 0 Å². The number of rotatable bonds is 4. The van der Waals surface area contributed by atoms with Crippen LogP contribution in [-0.2, 0) is 6.54 Å². The molecule has 1 unspecified atom stereocenters. The van der Waals surface area contributed by atoms with Crippen LogP contribution >= 0.6 is 11.3 Å². The zero-order chi connectivity index (χ0) is 13.2. The van der Waals surface area contributed by atoms with Crippen LogP contribution in [0, 0.1) is 6.92 Å². The largest absolute Gasteiger partial charge is 0.465 e. The van der Waals surface area contributed by atoms with Gasteiger partial charge in [0.1, 0.15) is 11.5 Å². The van der Waals surface area contributed by atoms with Crippen LogP contribution in [0.1, 0.15) is 29.4 Å². The Labute approximate surface area is 117 Å². The first-order valence-electron chi connectivity index (χ1n) is 6.49. The maximum Gasteiger partial charge on any atom is 0.117 e. The van der Waals surface area contributed by atoms with Crippen molar-refractivity contribution in [2.45, 2.75) is 26.4 Å². The molecule has 2 heterocycles. The SMILES string of the molecule is Cc1ccc(CNC(C)c2cc3ccccc3s2)o1. The maximum absolute atomic E-state index is 5.57. The van der Waals surface area contributed by atoms with Crippen LogP contribution in [0.25, 0.3) is 10.1 Å². The fourth-order valence-corrected chi connectivity index (χ4v) is 3.24. The molecule has 0 saturated carbocycles. The molecule has 0 radical (unpaired) electrons. The average molecular weight is 271 g/mol. The molecule has 1 atom stereocenters. The number of benzene rings is 1. The molecule has 1 N–H and O–H groups in total. The first-order chi connectivity index (χ1) is 9.22. The summed E-state index contributed by atoms with van der Waals surface area (Å²) in [5.41, 5.74) is 0. The Morgan fingerprint density at radius 2 is 2.05 bits per heavy atom. The third-order valence-electron chi connectivity index (χ3n) is 3.25. The summed E-state index contributed by atoms with van der Waals surface area (Å²) in [6.07, 6.45) is 0. The molecule has 3 heteroatoms. The van der Waals surface area contributed by atoms with Gasteiger partial charge in [0.2, 0.25) is 0 Å². The lowest BCUT2D eigenvalue weighted by Crippen LogP contribution is -2.16. The molecule has 2 nitrogen and oxygen atoms in total. The number of hydrogen-bond donors (Lipinski definition) is 1. The Morgan fingerprint density at radius 1 is 1.21 bits per heavy atom. The highest BCUT2D eigenvalue weighted by molar-refractivity contribution is 7.19. The molecule has 0 spiro atoms. The first kappa shape index (κ1) is 12.5. The van der Waals surface area contributed by atoms with E-state index in [2.05, 4.69) is 42.6 Å². The molecule has 0 aliphatic carbocycles. The minimum absolute atomic E-state index is 0.336. The Morgan fingerprint density at radius 3 is 2.79 bits per heavy atom. The van der Waals surface area contributed by atoms with E-state index in [0.717, 1.165) is 18.1 Å². The molecule has 0 saturated heterocycles. The van der Waals surface area contributed by atoms with Crippen LogP contribution in [0.15, 0.2) is 46.9 Å². The lowest BCUT2D eigenvalue weighted by atomic mass is 10.2. The monoisotopic (exact) mass is 271 g/mol. The van der Waals surface area contributed by atoms with Gasteiger partial charge in [0, 0.05) is 15.6 Å². The quantitative estimate of drug-likeness (QED) is 0.747. The van der Waals surface area contributed by atoms with Crippen LogP contribution in [0.3, 0.4) is 0 Å². The van der Waals surface area contributed by atoms with Crippen LogP contribution in [0.5, 0.6) is 0 Å². The van der Waals surface area contributed by atoms with E-state index in [4.69, 9.17) is 4.42 Å². The van der Waals surface area contributed by atoms with Crippen LogP contribution < -0.4 is 5.32 Å². The summed E-state index contributed by atoms with van der Waals surface area (Å²) in [4.78, 5) is 1.37. The van der Waals surface area contributed by atoms with Crippen molar-refractivity contribution in [3.05, 3.63) is 58.9 Å². The zero-order valence-corrected chi connectivity index (χ0v) is 12.0. The molecular formula is C16H17NOS. The molecule has 0 bridgehead atoms. The van der Waals surface area contributed by atoms with Gasteiger partial charge in [-0.1, -0.05) is 18.2 Å². The van der Waals surface area contributed by atoms with Crippen molar-refractivity contribution in [1.82, 2.24) is 5.32 Å². The van der Waals surface area contributed by atoms with Crippen molar-refractivity contribution >= 4 is 21.4 Å². The second-order valence-corrected chi connectivity index (χ2v) is 5.92. The highest BCUT2D eigenvalue weighted by Crippen LogP contribution is 2.29. The van der Waals surface area contributed by atoms with E-state index >= 15 is 0 Å². The molecule has 98 valence electrons. The van der Waals surface area contributed by atoms with Gasteiger partial charge >= 0.3 is 0 Å². The minimum Gasteiger partial charge on any atom is -0.465 e. The molecule has 2 aromatic heterocycles. The van der Waals surface area contributed by atoms with Gasteiger partial charge in [0.25, 0.3) is 0 Å². The van der Waals surface area contributed by atoms with Gasteiger partial charge in [-0.05, 0) is 43.5 Å². The summed E-state index contributed by atoms with van der Waals surface area (Å²) in [7, 11) is 0. The maximum atomic E-state index is 5.57. The minimum atomic E-state index is 0.336. The van der Waals surface area contributed by atoms with Crippen LogP contribution in [0.4, 0.5) is 0 Å². The average Bonchev–Trinajstić information content (AvgIpc) is 3.01. The molecule has 3 aromatic rings. The summed E-state index contributed by atoms with van der Waals surface area (Å²) in [5.74, 6) is 1.96. The Bertz CT molecular complexity index is 650. The van der Waals surface area contributed by atoms with Crippen molar-refractivity contribution in [2.75, 3.05) is 0 Å². The second kappa shape index (κ2) is 5.19. The molecule has 19 heavy (non-hydrogen) atoms. The zero-order valence-electron chi connectivity index (χ0n) is 11.1. The first-order valence-corrected chi connectivity index (χ1v) is 7.31. The van der Waals surface area contributed by atoms with E-state index in [1.165, 1.54) is 15.0 Å². The van der Waals surface area contributed by atoms with Crippen molar-refractivity contribution in [1.29, 1.82) is 0 Å². The van der Waals surface area contributed by atoms with E-state index in [1.54, 1.807) is 0 Å². The van der Waals surface area contributed by atoms with E-state index < -0.39 is 0 Å². The Kier molecular flexibility index (Phi) is 3.40. The molecule has 0 aliphatic heterocycles. The van der Waals surface area contributed by atoms with Crippen LogP contribution in [0.2, 0.25) is 0 Å². The predicted octanol–water partition coefficient (Wildman–Crippen LogP) is 4.65. The van der Waals surface area contributed by atoms with E-state index in [9.17, 15) is 0 Å². The molecule has 0 amide bonds. The van der Waals surface area contributed by atoms with Gasteiger partial charge in [0.05, 0.1) is 6.54 Å². The van der Waals surface area contributed by atoms with E-state index in [0.29, 0.717) is 6.04 Å². The number of fused-ring (bicyclic) bond motifs is 1. The number of nitrogens with one attached hydrogen (secondary N) is 1. The molecule has 3 rings (SSSR count). The predicted molar refractivity (Wildman–Crippen MR) is 80.5 cm³/mol. The third-order valence-corrected chi connectivity index (χ3v) is 4.55. The smallest absolute Gasteiger partial charge is 0.117 e. The van der Waals surface area contributed by atoms with Gasteiger partial charge in [-0.25, -0.2) is 0 Å². The second-order valence-electron chi connectivity index (χ2n) is 4.80. The van der Waals surface area contributed by atoms with E-state index in [-0.39, 0.29) is 0 Å². The fraction of sp³-hybridized carbons (Fsp3) is 0.250. The molecular weight excluding hydrogens is 254 g/mol. The normalized spacial score (nSPS) is 12.9. The summed E-state index contributed by atoms with van der Waals surface area (Å²) >= 11 is 1.85. The standard InChI is InChI=1S/C16H17NOS/c1-11-7-8-14(18-11)10-17-12(2)16-9-13-5-3-4-6-15(13)19-16/h3-9,12,17H,10H2,1-2H3. The topological polar surface area (TPSA) is 25.2 Å². The van der Waals surface area contributed by atoms with Gasteiger partial charge in [0.15, 0.2) is 0 Å². The lowest BCUT2D eigenvalue weighted by molar-refractivity contribution is 0.446. The number of thiophene rings is 1. The summed E-state index contributed by atoms with van der Waals surface area (Å²) < 4.78 is 6.92. The summed E-state index contributed by atoms with van der Waals surface area (Å²) in [5, 5.41) is 4.83. The van der Waals surface area contributed by atoms with E-state index in [1.807, 2.05) is 30.4 Å².